The summed E-state index contributed by atoms with van der Waals surface area (Å²) in [6, 6.07) is 11.2. The Bertz CT molecular complexity index is 688. The number of nitro groups is 1. The van der Waals surface area contributed by atoms with Crippen LogP contribution in [-0.4, -0.2) is 10.8 Å². The summed E-state index contributed by atoms with van der Waals surface area (Å²) in [5.74, 6) is -0.421. The number of nitrogens with one attached hydrogen (secondary N) is 1. The van der Waals surface area contributed by atoms with Gasteiger partial charge in [0.15, 0.2) is 0 Å². The fourth-order valence-electron chi connectivity index (χ4n) is 1.61. The fourth-order valence-corrected chi connectivity index (χ4v) is 2.16. The number of benzene rings is 2. The predicted molar refractivity (Wildman–Crippen MR) is 84.6 cm³/mol. The molecule has 0 aliphatic carbocycles. The molecule has 6 nitrogen and oxygen atoms in total. The molecular weight excluding hydrogens is 373 g/mol. The number of hydrogen-bond donors (Lipinski definition) is 2. The predicted octanol–water partition coefficient (Wildman–Crippen LogP) is 3.03. The lowest BCUT2D eigenvalue weighted by Crippen LogP contribution is -2.12. The topological polar surface area (TPSA) is 98.3 Å². The molecule has 0 aliphatic heterocycles. The van der Waals surface area contributed by atoms with Crippen molar-refractivity contribution in [3.8, 4) is 0 Å². The van der Waals surface area contributed by atoms with E-state index >= 15 is 0 Å². The summed E-state index contributed by atoms with van der Waals surface area (Å²) in [5, 5.41) is 13.5. The van der Waals surface area contributed by atoms with Crippen molar-refractivity contribution in [2.75, 3.05) is 11.1 Å². The summed E-state index contributed by atoms with van der Waals surface area (Å²) in [5.41, 5.74) is 6.05. The molecule has 0 saturated heterocycles. The standard InChI is InChI=1S/C13H10IN3O3/c14-9-2-1-3-10(7-9)16-13(18)8-4-5-11(15)12(6-8)17(19)20/h1-7H,15H2,(H,16,18). The molecule has 2 rings (SSSR count). The summed E-state index contributed by atoms with van der Waals surface area (Å²) in [4.78, 5) is 22.2. The number of halogens is 1. The molecule has 2 aromatic rings. The second kappa shape index (κ2) is 5.87. The van der Waals surface area contributed by atoms with Crippen LogP contribution in [0.4, 0.5) is 17.1 Å². The van der Waals surface area contributed by atoms with Crippen LogP contribution in [0.1, 0.15) is 10.4 Å². The average molecular weight is 383 g/mol. The van der Waals surface area contributed by atoms with Gasteiger partial charge >= 0.3 is 0 Å². The van der Waals surface area contributed by atoms with Gasteiger partial charge in [0.05, 0.1) is 4.92 Å². The van der Waals surface area contributed by atoms with Gasteiger partial charge in [-0.25, -0.2) is 0 Å². The molecule has 0 fully saturated rings. The number of nitrogens with two attached hydrogens (primary N) is 1. The number of nitrogens with zero attached hydrogens (tertiary/aromatic N) is 1. The van der Waals surface area contributed by atoms with Crippen molar-refractivity contribution in [3.05, 3.63) is 61.7 Å². The van der Waals surface area contributed by atoms with Crippen LogP contribution in [-0.2, 0) is 0 Å². The van der Waals surface area contributed by atoms with E-state index in [1.165, 1.54) is 18.2 Å². The maximum absolute atomic E-state index is 12.0. The van der Waals surface area contributed by atoms with Crippen LogP contribution in [0.3, 0.4) is 0 Å². The van der Waals surface area contributed by atoms with E-state index in [9.17, 15) is 14.9 Å². The number of carbonyl (C=O) groups excluding carboxylic acids is 1. The van der Waals surface area contributed by atoms with Crippen molar-refractivity contribution in [1.82, 2.24) is 0 Å². The Morgan fingerprint density at radius 1 is 1.25 bits per heavy atom. The Hall–Kier alpha value is -2.16. The zero-order chi connectivity index (χ0) is 14.7. The van der Waals surface area contributed by atoms with Gasteiger partial charge in [-0.1, -0.05) is 6.07 Å². The summed E-state index contributed by atoms with van der Waals surface area (Å²) in [6.45, 7) is 0. The van der Waals surface area contributed by atoms with Gasteiger partial charge in [0.1, 0.15) is 5.69 Å². The van der Waals surface area contributed by atoms with Crippen molar-refractivity contribution in [2.24, 2.45) is 0 Å². The van der Waals surface area contributed by atoms with Crippen LogP contribution < -0.4 is 11.1 Å². The molecule has 0 bridgehead atoms. The first-order valence-corrected chi connectivity index (χ1v) is 6.66. The van der Waals surface area contributed by atoms with Gasteiger partial charge in [-0.05, 0) is 52.9 Å². The number of amides is 1. The van der Waals surface area contributed by atoms with Crippen LogP contribution in [0.25, 0.3) is 0 Å². The third-order valence-corrected chi connectivity index (χ3v) is 3.24. The minimum Gasteiger partial charge on any atom is -0.393 e. The van der Waals surface area contributed by atoms with E-state index in [2.05, 4.69) is 27.9 Å². The van der Waals surface area contributed by atoms with Crippen LogP contribution in [0.15, 0.2) is 42.5 Å². The van der Waals surface area contributed by atoms with E-state index in [0.717, 1.165) is 3.57 Å². The number of anilines is 2. The fraction of sp³-hybridized carbons (Fsp3) is 0. The Balaban J connectivity index is 2.26. The van der Waals surface area contributed by atoms with Gasteiger partial charge in [0.2, 0.25) is 0 Å². The molecule has 3 N–H and O–H groups in total. The Morgan fingerprint density at radius 3 is 2.65 bits per heavy atom. The Labute approximate surface area is 128 Å². The van der Waals surface area contributed by atoms with E-state index in [0.29, 0.717) is 5.69 Å². The van der Waals surface area contributed by atoms with Crippen molar-refractivity contribution in [2.45, 2.75) is 0 Å². The minimum absolute atomic E-state index is 0.0285. The number of carbonyl (C=O) groups is 1. The number of hydrogen-bond acceptors (Lipinski definition) is 4. The monoisotopic (exact) mass is 383 g/mol. The van der Waals surface area contributed by atoms with Crippen molar-refractivity contribution < 1.29 is 9.72 Å². The van der Waals surface area contributed by atoms with E-state index in [1.54, 1.807) is 12.1 Å². The highest BCUT2D eigenvalue weighted by atomic mass is 127. The Morgan fingerprint density at radius 2 is 2.00 bits per heavy atom. The molecule has 0 aromatic heterocycles. The maximum atomic E-state index is 12.0. The number of nitrogen functional groups attached to an aromatic ring is 1. The van der Waals surface area contributed by atoms with Gasteiger partial charge in [0.25, 0.3) is 11.6 Å². The zero-order valence-electron chi connectivity index (χ0n) is 10.2. The molecule has 1 amide bonds. The first-order chi connectivity index (χ1) is 9.47. The summed E-state index contributed by atoms with van der Waals surface area (Å²) in [7, 11) is 0. The molecule has 102 valence electrons. The second-order valence-corrected chi connectivity index (χ2v) is 5.24. The molecule has 2 aromatic carbocycles. The van der Waals surface area contributed by atoms with Crippen LogP contribution >= 0.6 is 22.6 Å². The van der Waals surface area contributed by atoms with E-state index in [-0.39, 0.29) is 16.9 Å². The van der Waals surface area contributed by atoms with Gasteiger partial charge in [-0.2, -0.15) is 0 Å². The highest BCUT2D eigenvalue weighted by Gasteiger charge is 2.15. The largest absolute Gasteiger partial charge is 0.393 e. The summed E-state index contributed by atoms with van der Waals surface area (Å²) >= 11 is 2.13. The van der Waals surface area contributed by atoms with Gasteiger partial charge in [-0.3, -0.25) is 14.9 Å². The molecule has 0 saturated carbocycles. The minimum atomic E-state index is -0.614. The van der Waals surface area contributed by atoms with Crippen LogP contribution in [0.2, 0.25) is 0 Å². The first-order valence-electron chi connectivity index (χ1n) is 5.58. The lowest BCUT2D eigenvalue weighted by molar-refractivity contribution is -0.383. The normalized spacial score (nSPS) is 10.1. The molecule has 0 aliphatic rings. The van der Waals surface area contributed by atoms with Crippen LogP contribution in [0, 0.1) is 13.7 Å². The molecule has 0 unspecified atom stereocenters. The Kier molecular flexibility index (Phi) is 4.18. The summed E-state index contributed by atoms with van der Waals surface area (Å²) in [6.07, 6.45) is 0. The van der Waals surface area contributed by atoms with Gasteiger partial charge < -0.3 is 11.1 Å². The molecular formula is C13H10IN3O3. The maximum Gasteiger partial charge on any atom is 0.292 e. The summed E-state index contributed by atoms with van der Waals surface area (Å²) < 4.78 is 0.976. The molecule has 0 spiro atoms. The third-order valence-electron chi connectivity index (χ3n) is 2.57. The zero-order valence-corrected chi connectivity index (χ0v) is 12.3. The SMILES string of the molecule is Nc1ccc(C(=O)Nc2cccc(I)c2)cc1[N+](=O)[O-]. The van der Waals surface area contributed by atoms with Gasteiger partial charge in [0, 0.05) is 20.9 Å². The highest BCUT2D eigenvalue weighted by molar-refractivity contribution is 14.1. The lowest BCUT2D eigenvalue weighted by atomic mass is 10.1. The lowest BCUT2D eigenvalue weighted by Gasteiger charge is -2.06. The molecule has 0 atom stereocenters. The van der Waals surface area contributed by atoms with E-state index in [4.69, 9.17) is 5.73 Å². The second-order valence-electron chi connectivity index (χ2n) is 4.00. The first kappa shape index (κ1) is 14.3. The molecule has 0 heterocycles. The molecule has 20 heavy (non-hydrogen) atoms. The molecule has 0 radical (unpaired) electrons. The van der Waals surface area contributed by atoms with Gasteiger partial charge in [-0.15, -0.1) is 0 Å². The van der Waals surface area contributed by atoms with Crippen molar-refractivity contribution in [3.63, 3.8) is 0 Å². The molecule has 7 heteroatoms. The highest BCUT2D eigenvalue weighted by Crippen LogP contribution is 2.23. The van der Waals surface area contributed by atoms with E-state index < -0.39 is 10.8 Å². The van der Waals surface area contributed by atoms with E-state index in [1.807, 2.05) is 12.1 Å². The quantitative estimate of drug-likeness (QED) is 0.368. The average Bonchev–Trinajstić information content (AvgIpc) is 2.38. The van der Waals surface area contributed by atoms with Crippen LogP contribution in [0.5, 0.6) is 0 Å². The number of nitro benzene ring substituents is 1. The smallest absolute Gasteiger partial charge is 0.292 e. The number of rotatable bonds is 3. The third kappa shape index (κ3) is 3.23. The van der Waals surface area contributed by atoms with Crippen molar-refractivity contribution >= 4 is 45.6 Å². The van der Waals surface area contributed by atoms with Crippen molar-refractivity contribution in [1.29, 1.82) is 0 Å².